The molecule has 0 saturated heterocycles. The number of aromatic nitrogens is 2. The van der Waals surface area contributed by atoms with Gasteiger partial charge in [0, 0.05) is 6.07 Å². The van der Waals surface area contributed by atoms with Crippen molar-refractivity contribution in [1.82, 2.24) is 9.97 Å². The molecule has 0 aromatic carbocycles. The quantitative estimate of drug-likeness (QED) is 0.876. The summed E-state index contributed by atoms with van der Waals surface area (Å²) in [6.07, 6.45) is 2.47. The minimum absolute atomic E-state index is 0.302. The molecule has 0 bridgehead atoms. The van der Waals surface area contributed by atoms with Crippen LogP contribution < -0.4 is 4.74 Å². The molecule has 0 amide bonds. The van der Waals surface area contributed by atoms with Gasteiger partial charge in [0.1, 0.15) is 17.0 Å². The lowest BCUT2D eigenvalue weighted by molar-refractivity contribution is 0.0958. The van der Waals surface area contributed by atoms with Crippen molar-refractivity contribution >= 4 is 21.7 Å². The molecule has 0 saturated carbocycles. The first-order valence-corrected chi connectivity index (χ1v) is 8.05. The number of fused-ring (bicyclic) bond motifs is 1. The Morgan fingerprint density at radius 2 is 2.05 bits per heavy atom. The van der Waals surface area contributed by atoms with Crippen LogP contribution in [0.2, 0.25) is 0 Å². The third-order valence-corrected chi connectivity index (χ3v) is 3.53. The average molecular weight is 296 g/mol. The molecule has 1 atom stereocenters. The highest BCUT2D eigenvalue weighted by molar-refractivity contribution is 7.18. The van der Waals surface area contributed by atoms with Crippen molar-refractivity contribution in [3.63, 3.8) is 0 Å². The number of hydrogen-bond acceptors (Lipinski definition) is 5. The van der Waals surface area contributed by atoms with Crippen molar-refractivity contribution in [2.45, 2.75) is 53.1 Å². The number of nitrogens with zero attached hydrogens (tertiary/aromatic N) is 2. The number of rotatable bonds is 6. The maximum Gasteiger partial charge on any atom is 0.214 e. The van der Waals surface area contributed by atoms with Crippen molar-refractivity contribution in [2.75, 3.05) is 6.61 Å². The molecule has 20 heavy (non-hydrogen) atoms. The summed E-state index contributed by atoms with van der Waals surface area (Å²) in [5, 5.41) is 10.7. The van der Waals surface area contributed by atoms with Gasteiger partial charge in [-0.3, -0.25) is 0 Å². The third-order valence-electron chi connectivity index (χ3n) is 2.65. The molecule has 0 aliphatic rings. The molecule has 0 aliphatic heterocycles. The normalized spacial score (nSPS) is 11.8. The summed E-state index contributed by atoms with van der Waals surface area (Å²) in [7, 11) is 0. The van der Waals surface area contributed by atoms with E-state index in [9.17, 15) is 5.11 Å². The van der Waals surface area contributed by atoms with Gasteiger partial charge in [0.05, 0.1) is 11.1 Å². The lowest BCUT2D eigenvalue weighted by Crippen LogP contribution is -2.17. The lowest BCUT2D eigenvalue weighted by atomic mass is 10.2. The van der Waals surface area contributed by atoms with Crippen molar-refractivity contribution in [2.24, 2.45) is 0 Å². The second-order valence-electron chi connectivity index (χ2n) is 4.31. The monoisotopic (exact) mass is 296 g/mol. The number of ether oxygens (including phenoxy) is 1. The van der Waals surface area contributed by atoms with E-state index in [1.54, 1.807) is 17.4 Å². The zero-order chi connectivity index (χ0) is 15.0. The molecular formula is C15H24N2O2S. The molecular weight excluding hydrogens is 272 g/mol. The Hall–Kier alpha value is -1.20. The number of thiazole rings is 1. The van der Waals surface area contributed by atoms with Gasteiger partial charge in [0.2, 0.25) is 5.88 Å². The molecule has 2 rings (SSSR count). The number of pyridine rings is 1. The smallest absolute Gasteiger partial charge is 0.214 e. The SMILES string of the molecule is CC.CCCCC(O)COc1ccc2nc(C)sc2n1. The van der Waals surface area contributed by atoms with Gasteiger partial charge in [-0.1, -0.05) is 44.9 Å². The molecule has 1 N–H and O–H groups in total. The lowest BCUT2D eigenvalue weighted by Gasteiger charge is -2.10. The van der Waals surface area contributed by atoms with E-state index in [-0.39, 0.29) is 0 Å². The van der Waals surface area contributed by atoms with Gasteiger partial charge in [-0.25, -0.2) is 9.97 Å². The van der Waals surface area contributed by atoms with E-state index < -0.39 is 6.10 Å². The fraction of sp³-hybridized carbons (Fsp3) is 0.600. The van der Waals surface area contributed by atoms with E-state index >= 15 is 0 Å². The minimum atomic E-state index is -0.411. The van der Waals surface area contributed by atoms with Crippen LogP contribution in [0, 0.1) is 6.92 Å². The van der Waals surface area contributed by atoms with E-state index in [1.165, 1.54) is 0 Å². The summed E-state index contributed by atoms with van der Waals surface area (Å²) < 4.78 is 5.50. The van der Waals surface area contributed by atoms with Crippen LogP contribution in [0.4, 0.5) is 0 Å². The zero-order valence-corrected chi connectivity index (χ0v) is 13.5. The van der Waals surface area contributed by atoms with Crippen molar-refractivity contribution in [3.05, 3.63) is 17.1 Å². The Labute approximate surface area is 124 Å². The molecule has 1 unspecified atom stereocenters. The Bertz CT molecular complexity index is 514. The molecule has 0 fully saturated rings. The van der Waals surface area contributed by atoms with Crippen LogP contribution in [-0.4, -0.2) is 27.8 Å². The van der Waals surface area contributed by atoms with E-state index in [1.807, 2.05) is 26.8 Å². The molecule has 2 aromatic heterocycles. The number of hydrogen-bond donors (Lipinski definition) is 1. The van der Waals surface area contributed by atoms with E-state index in [0.29, 0.717) is 12.5 Å². The van der Waals surface area contributed by atoms with Crippen LogP contribution in [-0.2, 0) is 0 Å². The molecule has 0 radical (unpaired) electrons. The van der Waals surface area contributed by atoms with E-state index in [2.05, 4.69) is 16.9 Å². The maximum atomic E-state index is 9.70. The molecule has 2 heterocycles. The number of unbranched alkanes of at least 4 members (excludes halogenated alkanes) is 1. The van der Waals surface area contributed by atoms with Gasteiger partial charge < -0.3 is 9.84 Å². The second kappa shape index (κ2) is 8.87. The van der Waals surface area contributed by atoms with Gasteiger partial charge in [0.15, 0.2) is 0 Å². The van der Waals surface area contributed by atoms with Gasteiger partial charge >= 0.3 is 0 Å². The van der Waals surface area contributed by atoms with Gasteiger partial charge in [-0.05, 0) is 19.4 Å². The van der Waals surface area contributed by atoms with Gasteiger partial charge in [0.25, 0.3) is 0 Å². The summed E-state index contributed by atoms with van der Waals surface area (Å²) in [5.41, 5.74) is 0.899. The predicted octanol–water partition coefficient (Wildman–Crippen LogP) is 3.96. The summed E-state index contributed by atoms with van der Waals surface area (Å²) in [6, 6.07) is 3.70. The highest BCUT2D eigenvalue weighted by Crippen LogP contribution is 2.22. The second-order valence-corrected chi connectivity index (χ2v) is 5.50. The zero-order valence-electron chi connectivity index (χ0n) is 12.7. The molecule has 0 spiro atoms. The Morgan fingerprint density at radius 1 is 1.30 bits per heavy atom. The summed E-state index contributed by atoms with van der Waals surface area (Å²) in [5.74, 6) is 0.557. The Kier molecular flexibility index (Phi) is 7.47. The largest absolute Gasteiger partial charge is 0.475 e. The van der Waals surface area contributed by atoms with Crippen molar-refractivity contribution in [3.8, 4) is 5.88 Å². The standard InChI is InChI=1S/C13H18N2O2S.C2H6/c1-3-4-5-10(16)8-17-12-7-6-11-13(15-12)18-9(2)14-11;1-2/h6-7,10,16H,3-5,8H2,1-2H3;1-2H3. The Morgan fingerprint density at radius 3 is 2.75 bits per heavy atom. The molecule has 5 heteroatoms. The van der Waals surface area contributed by atoms with Crippen LogP contribution in [0.5, 0.6) is 5.88 Å². The average Bonchev–Trinajstić information content (AvgIpc) is 2.84. The fourth-order valence-corrected chi connectivity index (χ4v) is 2.47. The first kappa shape index (κ1) is 16.9. The third kappa shape index (κ3) is 5.06. The molecule has 2 aromatic rings. The first-order valence-electron chi connectivity index (χ1n) is 7.24. The number of aliphatic hydroxyl groups is 1. The van der Waals surface area contributed by atoms with E-state index in [4.69, 9.17) is 4.74 Å². The topological polar surface area (TPSA) is 55.2 Å². The van der Waals surface area contributed by atoms with Gasteiger partial charge in [-0.15, -0.1) is 0 Å². The number of aliphatic hydroxyl groups excluding tert-OH is 1. The van der Waals surface area contributed by atoms with Crippen LogP contribution in [0.3, 0.4) is 0 Å². The molecule has 4 nitrogen and oxygen atoms in total. The maximum absolute atomic E-state index is 9.70. The van der Waals surface area contributed by atoms with Crippen molar-refractivity contribution < 1.29 is 9.84 Å². The summed E-state index contributed by atoms with van der Waals surface area (Å²) >= 11 is 1.55. The van der Waals surface area contributed by atoms with Crippen LogP contribution in [0.1, 0.15) is 45.0 Å². The van der Waals surface area contributed by atoms with Crippen LogP contribution in [0.15, 0.2) is 12.1 Å². The van der Waals surface area contributed by atoms with E-state index in [0.717, 1.165) is 34.6 Å². The fourth-order valence-electron chi connectivity index (χ4n) is 1.69. The molecule has 112 valence electrons. The first-order chi connectivity index (χ1) is 9.69. The summed E-state index contributed by atoms with van der Waals surface area (Å²) in [6.45, 7) is 8.37. The Balaban J connectivity index is 0.000000956. The van der Waals surface area contributed by atoms with Crippen LogP contribution in [0.25, 0.3) is 10.3 Å². The van der Waals surface area contributed by atoms with Crippen molar-refractivity contribution in [1.29, 1.82) is 0 Å². The predicted molar refractivity (Wildman–Crippen MR) is 84.5 cm³/mol. The molecule has 0 aliphatic carbocycles. The van der Waals surface area contributed by atoms with Crippen LogP contribution >= 0.6 is 11.3 Å². The summed E-state index contributed by atoms with van der Waals surface area (Å²) in [4.78, 5) is 9.59. The minimum Gasteiger partial charge on any atom is -0.475 e. The van der Waals surface area contributed by atoms with Gasteiger partial charge in [-0.2, -0.15) is 0 Å². The highest BCUT2D eigenvalue weighted by atomic mass is 32.1. The number of aryl methyl sites for hydroxylation is 1. The highest BCUT2D eigenvalue weighted by Gasteiger charge is 2.07.